The highest BCUT2D eigenvalue weighted by Crippen LogP contribution is 2.39. The van der Waals surface area contributed by atoms with Crippen LogP contribution in [0, 0.1) is 5.82 Å². The van der Waals surface area contributed by atoms with Gasteiger partial charge in [0, 0.05) is 37.5 Å². The molecule has 4 aromatic rings. The molecule has 47 heavy (non-hydrogen) atoms. The Hall–Kier alpha value is -5.25. The fourth-order valence-corrected chi connectivity index (χ4v) is 7.98. The van der Waals surface area contributed by atoms with E-state index in [2.05, 4.69) is 5.32 Å². The van der Waals surface area contributed by atoms with Crippen molar-refractivity contribution in [1.82, 2.24) is 24.1 Å². The number of phenols is 1. The summed E-state index contributed by atoms with van der Waals surface area (Å²) < 4.78 is 45.1. The molecule has 7 rings (SSSR count). The van der Waals surface area contributed by atoms with Crippen molar-refractivity contribution in [2.75, 3.05) is 23.9 Å². The summed E-state index contributed by atoms with van der Waals surface area (Å²) in [4.78, 5) is 64.0. The number of imide groups is 1. The van der Waals surface area contributed by atoms with Crippen LogP contribution >= 0.6 is 0 Å². The number of nitrogens with one attached hydrogen (secondary N) is 2. The zero-order valence-corrected chi connectivity index (χ0v) is 25.8. The maximum absolute atomic E-state index is 15.5. The number of aryl methyl sites for hydroxylation is 1. The van der Waals surface area contributed by atoms with Gasteiger partial charge in [-0.25, -0.2) is 18.2 Å². The van der Waals surface area contributed by atoms with Crippen molar-refractivity contribution < 1.29 is 37.1 Å². The zero-order chi connectivity index (χ0) is 33.4. The van der Waals surface area contributed by atoms with Gasteiger partial charge in [-0.1, -0.05) is 12.1 Å². The SMILES string of the molecule is Cn1c(=O)n(C2CCC(=O)NC2=O)c2ccc(C3CCN(C(=O)c4ccc5c(F)c(N6CC(=O)NS6(=O)=O)c(O)cc5c4)CC3)cc21. The molecule has 14 nitrogen and oxygen atoms in total. The van der Waals surface area contributed by atoms with Gasteiger partial charge in [-0.2, -0.15) is 8.42 Å². The maximum Gasteiger partial charge on any atom is 0.329 e. The van der Waals surface area contributed by atoms with Gasteiger partial charge in [0.2, 0.25) is 11.8 Å². The molecule has 3 fully saturated rings. The summed E-state index contributed by atoms with van der Waals surface area (Å²) in [6.07, 6.45) is 1.68. The first kappa shape index (κ1) is 30.4. The Bertz CT molecular complexity index is 2220. The number of anilines is 1. The van der Waals surface area contributed by atoms with Crippen molar-refractivity contribution in [3.8, 4) is 5.75 Å². The highest BCUT2D eigenvalue weighted by molar-refractivity contribution is 7.92. The molecule has 3 saturated heterocycles. The van der Waals surface area contributed by atoms with Gasteiger partial charge in [0.05, 0.1) is 11.0 Å². The second kappa shape index (κ2) is 10.9. The molecule has 1 unspecified atom stereocenters. The Morgan fingerprint density at radius 3 is 2.38 bits per heavy atom. The lowest BCUT2D eigenvalue weighted by atomic mass is 9.89. The summed E-state index contributed by atoms with van der Waals surface area (Å²) in [6, 6.07) is 10.3. The Morgan fingerprint density at radius 1 is 0.957 bits per heavy atom. The summed E-state index contributed by atoms with van der Waals surface area (Å²) in [6.45, 7) is 0.191. The van der Waals surface area contributed by atoms with E-state index < -0.39 is 51.9 Å². The highest BCUT2D eigenvalue weighted by Gasteiger charge is 2.38. The van der Waals surface area contributed by atoms with Crippen LogP contribution in [0.15, 0.2) is 47.3 Å². The quantitative estimate of drug-likeness (QED) is 0.275. The molecule has 0 saturated carbocycles. The summed E-state index contributed by atoms with van der Waals surface area (Å²) in [7, 11) is -2.71. The molecule has 0 aliphatic carbocycles. The Labute approximate surface area is 266 Å². The van der Waals surface area contributed by atoms with E-state index in [1.54, 1.807) is 16.7 Å². The number of aromatic hydroxyl groups is 1. The number of benzene rings is 3. The van der Waals surface area contributed by atoms with Crippen LogP contribution in [0.4, 0.5) is 10.1 Å². The maximum atomic E-state index is 15.5. The number of nitrogens with zero attached hydrogens (tertiary/aromatic N) is 4. The molecule has 0 radical (unpaired) electrons. The van der Waals surface area contributed by atoms with E-state index in [0.29, 0.717) is 41.3 Å². The molecule has 1 aromatic heterocycles. The van der Waals surface area contributed by atoms with Gasteiger partial charge in [0.15, 0.2) is 5.82 Å². The molecule has 3 aliphatic heterocycles. The van der Waals surface area contributed by atoms with Crippen LogP contribution in [0.5, 0.6) is 5.75 Å². The molecular weight excluding hydrogens is 635 g/mol. The molecular formula is C31H29FN6O8S. The zero-order valence-electron chi connectivity index (χ0n) is 25.0. The van der Waals surface area contributed by atoms with Crippen LogP contribution in [0.2, 0.25) is 0 Å². The lowest BCUT2D eigenvalue weighted by Crippen LogP contribution is -2.44. The van der Waals surface area contributed by atoms with E-state index in [4.69, 9.17) is 0 Å². The number of phenolic OH excluding ortho intramolecular Hbond substituents is 1. The largest absolute Gasteiger partial charge is 0.506 e. The number of carbonyl (C=O) groups excluding carboxylic acids is 4. The van der Waals surface area contributed by atoms with Gasteiger partial charge in [-0.3, -0.25) is 33.6 Å². The van der Waals surface area contributed by atoms with Gasteiger partial charge in [-0.05, 0) is 66.5 Å². The first-order valence-electron chi connectivity index (χ1n) is 15.0. The standard InChI is InChI=1S/C31H29FN6O8S/c1-35-23-13-17(3-5-21(23)38(31(35)44)22-6-7-25(40)33-29(22)42)16-8-10-36(11-9-16)30(43)18-2-4-20-19(12-18)14-24(39)28(27(20)32)37-15-26(41)34-47(37,45)46/h2-5,12-14,16,22,39H,6-11,15H2,1H3,(H,34,41)(H,33,40,42). The average molecular weight is 665 g/mol. The number of imidazole rings is 1. The van der Waals surface area contributed by atoms with Crippen molar-refractivity contribution in [3.05, 3.63) is 69.9 Å². The molecule has 0 spiro atoms. The normalized spacial score (nSPS) is 20.2. The average Bonchev–Trinajstić information content (AvgIpc) is 3.45. The first-order valence-corrected chi connectivity index (χ1v) is 16.4. The highest BCUT2D eigenvalue weighted by atomic mass is 32.2. The molecule has 0 bridgehead atoms. The van der Waals surface area contributed by atoms with E-state index >= 15 is 4.39 Å². The number of rotatable bonds is 4. The van der Waals surface area contributed by atoms with E-state index in [1.807, 2.05) is 18.2 Å². The van der Waals surface area contributed by atoms with Crippen molar-refractivity contribution in [1.29, 1.82) is 0 Å². The second-order valence-electron chi connectivity index (χ2n) is 12.0. The topological polar surface area (TPSA) is 180 Å². The number of hydrogen-bond acceptors (Lipinski definition) is 8. The van der Waals surface area contributed by atoms with E-state index in [1.165, 1.54) is 27.3 Å². The lowest BCUT2D eigenvalue weighted by Gasteiger charge is -2.32. The first-order chi connectivity index (χ1) is 22.3. The molecule has 3 N–H and O–H groups in total. The van der Waals surface area contributed by atoms with Crippen LogP contribution in [-0.4, -0.2) is 70.8 Å². The number of halogens is 1. The number of amides is 4. The smallest absolute Gasteiger partial charge is 0.329 e. The number of hydrogen-bond donors (Lipinski definition) is 3. The monoisotopic (exact) mass is 664 g/mol. The molecule has 1 atom stereocenters. The van der Waals surface area contributed by atoms with Crippen LogP contribution in [0.25, 0.3) is 21.8 Å². The van der Waals surface area contributed by atoms with Gasteiger partial charge in [0.25, 0.3) is 11.8 Å². The third-order valence-electron chi connectivity index (χ3n) is 9.24. The Kier molecular flexibility index (Phi) is 7.07. The molecule has 16 heteroatoms. The Balaban J connectivity index is 1.08. The van der Waals surface area contributed by atoms with Crippen LogP contribution in [0.3, 0.4) is 0 Å². The predicted octanol–water partition coefficient (Wildman–Crippen LogP) is 1.52. The van der Waals surface area contributed by atoms with Crippen LogP contribution in [-0.2, 0) is 31.6 Å². The van der Waals surface area contributed by atoms with E-state index in [-0.39, 0.29) is 52.6 Å². The minimum Gasteiger partial charge on any atom is -0.506 e. The third-order valence-corrected chi connectivity index (χ3v) is 10.6. The van der Waals surface area contributed by atoms with Gasteiger partial charge in [0.1, 0.15) is 24.0 Å². The van der Waals surface area contributed by atoms with Crippen molar-refractivity contribution in [2.24, 2.45) is 7.05 Å². The summed E-state index contributed by atoms with van der Waals surface area (Å²) in [5, 5.41) is 13.0. The summed E-state index contributed by atoms with van der Waals surface area (Å²) in [5.41, 5.74) is 1.52. The number of fused-ring (bicyclic) bond motifs is 2. The van der Waals surface area contributed by atoms with Crippen LogP contribution < -0.4 is 20.0 Å². The number of aromatic nitrogens is 2. The minimum absolute atomic E-state index is 0.0289. The van der Waals surface area contributed by atoms with Gasteiger partial charge < -0.3 is 10.0 Å². The van der Waals surface area contributed by atoms with Gasteiger partial charge >= 0.3 is 15.9 Å². The minimum atomic E-state index is -4.35. The Morgan fingerprint density at radius 2 is 1.70 bits per heavy atom. The van der Waals surface area contributed by atoms with Gasteiger partial charge in [-0.15, -0.1) is 0 Å². The van der Waals surface area contributed by atoms with E-state index in [9.17, 15) is 37.5 Å². The van der Waals surface area contributed by atoms with Crippen molar-refractivity contribution in [3.63, 3.8) is 0 Å². The number of carbonyl (C=O) groups is 4. The molecule has 244 valence electrons. The fraction of sp³-hybridized carbons (Fsp3) is 0.323. The molecule has 4 heterocycles. The number of likely N-dealkylation sites (tertiary alicyclic amines) is 1. The molecule has 3 aromatic carbocycles. The third kappa shape index (κ3) is 4.99. The summed E-state index contributed by atoms with van der Waals surface area (Å²) in [5.74, 6) is -3.63. The summed E-state index contributed by atoms with van der Waals surface area (Å²) >= 11 is 0. The van der Waals surface area contributed by atoms with Crippen molar-refractivity contribution in [2.45, 2.75) is 37.6 Å². The van der Waals surface area contributed by atoms with E-state index in [0.717, 1.165) is 11.6 Å². The van der Waals surface area contributed by atoms with Crippen molar-refractivity contribution >= 4 is 61.3 Å². The molecule has 4 amide bonds. The predicted molar refractivity (Wildman–Crippen MR) is 166 cm³/mol. The second-order valence-corrected chi connectivity index (χ2v) is 13.6. The fourth-order valence-electron chi connectivity index (χ4n) is 6.82. The molecule has 3 aliphatic rings. The van der Waals surface area contributed by atoms with Crippen LogP contribution in [0.1, 0.15) is 53.6 Å². The number of piperidine rings is 2. The lowest BCUT2D eigenvalue weighted by molar-refractivity contribution is -0.135.